The minimum Gasteiger partial charge on any atom is -0.353 e. The van der Waals surface area contributed by atoms with Gasteiger partial charge in [-0.3, -0.25) is 4.57 Å². The van der Waals surface area contributed by atoms with Crippen LogP contribution in [0.2, 0.25) is 0 Å². The third-order valence-corrected chi connectivity index (χ3v) is 9.73. The molecule has 0 aromatic heterocycles. The lowest BCUT2D eigenvalue weighted by molar-refractivity contribution is 0.0802. The van der Waals surface area contributed by atoms with E-state index in [9.17, 15) is 9.13 Å². The summed E-state index contributed by atoms with van der Waals surface area (Å²) in [4.78, 5) is 0. The number of thioether (sulfide) groups is 1. The second-order valence-corrected chi connectivity index (χ2v) is 11.8. The van der Waals surface area contributed by atoms with Crippen molar-refractivity contribution in [3.05, 3.63) is 11.5 Å². The van der Waals surface area contributed by atoms with E-state index in [1.54, 1.807) is 38.6 Å². The first-order valence-electron chi connectivity index (χ1n) is 11.3. The molecule has 174 valence electrons. The molecule has 0 aliphatic carbocycles. The Morgan fingerprint density at radius 1 is 0.828 bits per heavy atom. The molecule has 0 bridgehead atoms. The number of hydrogen-bond acceptors (Lipinski definition) is 6. The minimum absolute atomic E-state index is 0.213. The van der Waals surface area contributed by atoms with Crippen LogP contribution < -0.4 is 0 Å². The van der Waals surface area contributed by atoms with Crippen molar-refractivity contribution in [2.45, 2.75) is 97.0 Å². The molecule has 0 aromatic rings. The highest BCUT2D eigenvalue weighted by atomic mass is 32.2. The third-order valence-electron chi connectivity index (χ3n) is 4.59. The number of unbranched alkanes of at least 4 members (excludes halogenated alkanes) is 9. The van der Waals surface area contributed by atoms with Crippen LogP contribution in [0, 0.1) is 0 Å². The van der Waals surface area contributed by atoms with Crippen molar-refractivity contribution in [3.8, 4) is 0 Å². The fourth-order valence-electron chi connectivity index (χ4n) is 3.05. The van der Waals surface area contributed by atoms with Crippen LogP contribution in [0.3, 0.4) is 0 Å². The molecule has 0 saturated heterocycles. The molecule has 0 amide bonds. The van der Waals surface area contributed by atoms with Gasteiger partial charge in [-0.1, -0.05) is 64.7 Å². The van der Waals surface area contributed by atoms with Gasteiger partial charge in [0.2, 0.25) is 5.08 Å². The van der Waals surface area contributed by atoms with E-state index in [0.29, 0.717) is 0 Å². The van der Waals surface area contributed by atoms with Crippen LogP contribution >= 0.6 is 27.8 Å². The Hall–Kier alpha value is 0.430. The lowest BCUT2D eigenvalue weighted by Gasteiger charge is -2.32. The van der Waals surface area contributed by atoms with Gasteiger partial charge in [-0.15, -0.1) is 11.8 Å². The molecule has 0 rings (SSSR count). The first-order chi connectivity index (χ1) is 14.1. The Bertz CT molecular complexity index is 466. The molecule has 29 heavy (non-hydrogen) atoms. The van der Waals surface area contributed by atoms with E-state index in [0.717, 1.165) is 12.2 Å². The maximum atomic E-state index is 13.2. The average Bonchev–Trinajstić information content (AvgIpc) is 2.71. The molecule has 0 N–H and O–H groups in total. The Kier molecular flexibility index (Phi) is 19.4. The second kappa shape index (κ2) is 19.1. The molecule has 8 heteroatoms. The van der Waals surface area contributed by atoms with Crippen LogP contribution in [0.5, 0.6) is 0 Å². The summed E-state index contributed by atoms with van der Waals surface area (Å²) >= 11 is 1.63. The summed E-state index contributed by atoms with van der Waals surface area (Å²) in [5.74, 6) is 0.983. The van der Waals surface area contributed by atoms with Gasteiger partial charge in [-0.25, -0.2) is 0 Å². The van der Waals surface area contributed by atoms with Crippen LogP contribution in [0.1, 0.15) is 91.9 Å². The normalized spacial score (nSPS) is 14.9. The predicted molar refractivity (Wildman–Crippen MR) is 129 cm³/mol. The molecule has 0 fully saturated rings. The van der Waals surface area contributed by atoms with Crippen molar-refractivity contribution in [2.24, 2.45) is 0 Å². The topological polar surface area (TPSA) is 61.8 Å². The van der Waals surface area contributed by atoms with Gasteiger partial charge in [-0.05, 0) is 44.4 Å². The number of hydrogen-bond donors (Lipinski definition) is 0. The van der Waals surface area contributed by atoms with E-state index in [4.69, 9.17) is 13.8 Å². The molecule has 2 atom stereocenters. The highest BCUT2D eigenvalue weighted by Crippen LogP contribution is 2.66. The van der Waals surface area contributed by atoms with Crippen LogP contribution in [-0.4, -0.2) is 30.7 Å². The van der Waals surface area contributed by atoms with Crippen molar-refractivity contribution in [1.82, 2.24) is 0 Å². The van der Waals surface area contributed by atoms with Crippen LogP contribution in [0.25, 0.3) is 0 Å². The summed E-state index contributed by atoms with van der Waals surface area (Å²) in [6.07, 6.45) is 14.8. The standard InChI is InChI=1S/C21H44O5P2S/c1-5-9-10-11-12-13-14-15-16-17-19-29-20-18-21(27-22,24-6-2)28(23,25-7-3)26-8-4/h18,20H,5-17,19,27H2,1-4H3. The van der Waals surface area contributed by atoms with Gasteiger partial charge >= 0.3 is 7.60 Å². The molecule has 0 radical (unpaired) electrons. The first kappa shape index (κ1) is 29.4. The predicted octanol–water partition coefficient (Wildman–Crippen LogP) is 7.87. The summed E-state index contributed by atoms with van der Waals surface area (Å²) in [6.45, 7) is 8.24. The molecule has 0 heterocycles. The molecule has 0 saturated carbocycles. The van der Waals surface area contributed by atoms with Crippen molar-refractivity contribution in [3.63, 3.8) is 0 Å². The maximum Gasteiger partial charge on any atom is 0.373 e. The second-order valence-electron chi connectivity index (χ2n) is 6.99. The zero-order chi connectivity index (χ0) is 21.8. The molecule has 2 unspecified atom stereocenters. The maximum absolute atomic E-state index is 13.2. The Balaban J connectivity index is 4.32. The average molecular weight is 471 g/mol. The zero-order valence-electron chi connectivity index (χ0n) is 19.0. The van der Waals surface area contributed by atoms with Crippen LogP contribution in [0.4, 0.5) is 0 Å². The highest BCUT2D eigenvalue weighted by Gasteiger charge is 2.50. The van der Waals surface area contributed by atoms with Gasteiger partial charge in [0.1, 0.15) is 8.46 Å². The minimum atomic E-state index is -3.66. The lowest BCUT2D eigenvalue weighted by atomic mass is 10.1. The number of rotatable bonds is 21. The van der Waals surface area contributed by atoms with E-state index in [2.05, 4.69) is 6.92 Å². The van der Waals surface area contributed by atoms with E-state index >= 15 is 0 Å². The van der Waals surface area contributed by atoms with Gasteiger partial charge < -0.3 is 18.3 Å². The van der Waals surface area contributed by atoms with E-state index in [1.807, 2.05) is 5.41 Å². The quantitative estimate of drug-likeness (QED) is 0.126. The molecule has 0 aliphatic rings. The fourth-order valence-corrected chi connectivity index (χ4v) is 7.17. The van der Waals surface area contributed by atoms with Crippen LogP contribution in [-0.2, 0) is 22.9 Å². The fraction of sp³-hybridized carbons (Fsp3) is 0.905. The van der Waals surface area contributed by atoms with Crippen molar-refractivity contribution in [2.75, 3.05) is 25.6 Å². The molecule has 5 nitrogen and oxygen atoms in total. The highest BCUT2D eigenvalue weighted by molar-refractivity contribution is 8.02. The van der Waals surface area contributed by atoms with E-state index < -0.39 is 21.1 Å². The Labute approximate surface area is 184 Å². The largest absolute Gasteiger partial charge is 0.373 e. The van der Waals surface area contributed by atoms with Crippen LogP contribution in [0.15, 0.2) is 11.5 Å². The van der Waals surface area contributed by atoms with Crippen molar-refractivity contribution in [1.29, 1.82) is 0 Å². The monoisotopic (exact) mass is 470 g/mol. The molecule has 0 aliphatic heterocycles. The zero-order valence-corrected chi connectivity index (χ0v) is 21.9. The third kappa shape index (κ3) is 12.1. The van der Waals surface area contributed by atoms with E-state index in [-0.39, 0.29) is 19.8 Å². The molecular weight excluding hydrogens is 426 g/mol. The molecule has 0 spiro atoms. The SMILES string of the molecule is CCCCCCCCCCCCSC=CC(OCC)([PH2]=O)P(=O)(OCC)OCC. The summed E-state index contributed by atoms with van der Waals surface area (Å²) in [5, 5.41) is 0.373. The number of ether oxygens (including phenoxy) is 1. The lowest BCUT2D eigenvalue weighted by Crippen LogP contribution is -2.26. The van der Waals surface area contributed by atoms with E-state index in [1.165, 1.54) is 57.8 Å². The van der Waals surface area contributed by atoms with Gasteiger partial charge in [0.15, 0.2) is 0 Å². The Morgan fingerprint density at radius 3 is 1.79 bits per heavy atom. The van der Waals surface area contributed by atoms with Crippen molar-refractivity contribution < 1.29 is 22.9 Å². The van der Waals surface area contributed by atoms with Gasteiger partial charge in [0, 0.05) is 6.61 Å². The molecular formula is C21H44O5P2S. The first-order valence-corrected chi connectivity index (χ1v) is 15.0. The van der Waals surface area contributed by atoms with Gasteiger partial charge in [-0.2, -0.15) is 0 Å². The summed E-state index contributed by atoms with van der Waals surface area (Å²) < 4.78 is 41.7. The summed E-state index contributed by atoms with van der Waals surface area (Å²) in [7, 11) is -5.19. The van der Waals surface area contributed by atoms with Crippen molar-refractivity contribution >= 4 is 27.8 Å². The summed E-state index contributed by atoms with van der Waals surface area (Å²) in [6, 6.07) is 0. The Morgan fingerprint density at radius 2 is 1.34 bits per heavy atom. The van der Waals surface area contributed by atoms with Gasteiger partial charge in [0.05, 0.1) is 13.2 Å². The smallest absolute Gasteiger partial charge is 0.353 e. The van der Waals surface area contributed by atoms with Gasteiger partial charge in [0.25, 0.3) is 0 Å². The summed E-state index contributed by atoms with van der Waals surface area (Å²) in [5.41, 5.74) is 0. The molecule has 0 aromatic carbocycles.